The lowest BCUT2D eigenvalue weighted by Crippen LogP contribution is -2.13. The van der Waals surface area contributed by atoms with Gasteiger partial charge in [0.05, 0.1) is 5.02 Å². The maximum Gasteiger partial charge on any atom is 0.303 e. The molecule has 98 valence electrons. The van der Waals surface area contributed by atoms with E-state index in [0.29, 0.717) is 10.6 Å². The first kappa shape index (κ1) is 13.2. The minimum absolute atomic E-state index is 0.00945. The third-order valence-electron chi connectivity index (χ3n) is 3.41. The second-order valence-electron chi connectivity index (χ2n) is 4.66. The van der Waals surface area contributed by atoms with E-state index in [4.69, 9.17) is 22.4 Å². The van der Waals surface area contributed by atoms with Crippen LogP contribution >= 0.6 is 11.6 Å². The number of carbonyl (C=O) groups is 1. The van der Waals surface area contributed by atoms with Gasteiger partial charge in [-0.1, -0.05) is 17.7 Å². The Kier molecular flexibility index (Phi) is 3.78. The number of aryl methyl sites for hydroxylation is 1. The summed E-state index contributed by atoms with van der Waals surface area (Å²) in [4.78, 5) is 10.5. The molecule has 1 atom stereocenters. The molecule has 0 aliphatic heterocycles. The molecule has 0 saturated heterocycles. The summed E-state index contributed by atoms with van der Waals surface area (Å²) in [6.45, 7) is 0. The van der Waals surface area contributed by atoms with Gasteiger partial charge in [0.25, 0.3) is 0 Å². The molecule has 0 spiro atoms. The van der Waals surface area contributed by atoms with Crippen molar-refractivity contribution in [2.24, 2.45) is 5.73 Å². The molecule has 18 heavy (non-hydrogen) atoms. The van der Waals surface area contributed by atoms with Gasteiger partial charge in [-0.3, -0.25) is 4.79 Å². The Bertz CT molecular complexity index is 488. The van der Waals surface area contributed by atoms with Crippen LogP contribution < -0.4 is 5.73 Å². The van der Waals surface area contributed by atoms with Crippen molar-refractivity contribution < 1.29 is 15.0 Å². The molecule has 0 fully saturated rings. The summed E-state index contributed by atoms with van der Waals surface area (Å²) < 4.78 is 0. The van der Waals surface area contributed by atoms with Gasteiger partial charge in [-0.25, -0.2) is 0 Å². The summed E-state index contributed by atoms with van der Waals surface area (Å²) in [5, 5.41) is 19.1. The van der Waals surface area contributed by atoms with E-state index in [1.807, 2.05) is 6.07 Å². The fourth-order valence-electron chi connectivity index (χ4n) is 2.42. The number of nitrogens with two attached hydrogens (primary N) is 1. The molecule has 4 nitrogen and oxygen atoms in total. The largest absolute Gasteiger partial charge is 0.506 e. The van der Waals surface area contributed by atoms with Crippen molar-refractivity contribution in [3.8, 4) is 5.75 Å². The number of phenolic OH excluding ortho intramolecular Hbond substituents is 1. The summed E-state index contributed by atoms with van der Waals surface area (Å²) in [6.07, 6.45) is 3.12. The Hall–Kier alpha value is -1.26. The molecular formula is C13H16ClNO3. The van der Waals surface area contributed by atoms with Gasteiger partial charge in [-0.05, 0) is 36.8 Å². The zero-order valence-electron chi connectivity index (χ0n) is 9.95. The van der Waals surface area contributed by atoms with Crippen LogP contribution in [0.1, 0.15) is 42.0 Å². The lowest BCUT2D eigenvalue weighted by atomic mass is 9.97. The third kappa shape index (κ3) is 2.44. The van der Waals surface area contributed by atoms with Crippen LogP contribution in [0.4, 0.5) is 0 Å². The van der Waals surface area contributed by atoms with Gasteiger partial charge in [0, 0.05) is 18.0 Å². The van der Waals surface area contributed by atoms with Crippen LogP contribution in [-0.2, 0) is 17.6 Å². The lowest BCUT2D eigenvalue weighted by molar-refractivity contribution is -0.137. The van der Waals surface area contributed by atoms with Gasteiger partial charge < -0.3 is 15.9 Å². The van der Waals surface area contributed by atoms with Crippen LogP contribution in [0.2, 0.25) is 5.02 Å². The molecule has 0 bridgehead atoms. The quantitative estimate of drug-likeness (QED) is 0.784. The lowest BCUT2D eigenvalue weighted by Gasteiger charge is -2.16. The molecular weight excluding hydrogens is 254 g/mol. The number of carboxylic acids is 1. The number of aromatic hydroxyl groups is 1. The van der Waals surface area contributed by atoms with E-state index in [0.717, 1.165) is 30.4 Å². The van der Waals surface area contributed by atoms with Crippen molar-refractivity contribution in [3.05, 3.63) is 27.8 Å². The first-order valence-corrected chi connectivity index (χ1v) is 6.39. The van der Waals surface area contributed by atoms with Crippen molar-refractivity contribution in [1.82, 2.24) is 0 Å². The zero-order chi connectivity index (χ0) is 13.3. The Morgan fingerprint density at radius 1 is 1.50 bits per heavy atom. The number of hydrogen-bond donors (Lipinski definition) is 3. The van der Waals surface area contributed by atoms with Gasteiger partial charge in [-0.15, -0.1) is 0 Å². The molecule has 0 aromatic heterocycles. The molecule has 1 aliphatic rings. The SMILES string of the molecule is NC(CCC(=O)O)c1cc2c(c(Cl)c1O)CCC2. The summed E-state index contributed by atoms with van der Waals surface area (Å²) >= 11 is 6.13. The predicted molar refractivity (Wildman–Crippen MR) is 68.9 cm³/mol. The van der Waals surface area contributed by atoms with E-state index in [-0.39, 0.29) is 18.6 Å². The molecule has 0 heterocycles. The predicted octanol–water partition coefficient (Wildman–Crippen LogP) is 2.40. The Morgan fingerprint density at radius 3 is 2.89 bits per heavy atom. The minimum atomic E-state index is -0.891. The maximum atomic E-state index is 10.5. The normalized spacial score (nSPS) is 15.4. The van der Waals surface area contributed by atoms with E-state index in [1.54, 1.807) is 0 Å². The van der Waals surface area contributed by atoms with E-state index in [2.05, 4.69) is 0 Å². The topological polar surface area (TPSA) is 83.6 Å². The minimum Gasteiger partial charge on any atom is -0.506 e. The van der Waals surface area contributed by atoms with Crippen LogP contribution in [0.15, 0.2) is 6.07 Å². The fourth-order valence-corrected chi connectivity index (χ4v) is 2.74. The standard InChI is InChI=1S/C13H16ClNO3/c14-12-8-3-1-2-7(8)6-9(13(12)18)10(15)4-5-11(16)17/h6,10,18H,1-5,15H2,(H,16,17). The Labute approximate surface area is 110 Å². The van der Waals surface area contributed by atoms with Gasteiger partial charge in [0.1, 0.15) is 5.75 Å². The number of phenols is 1. The molecule has 1 aromatic carbocycles. The highest BCUT2D eigenvalue weighted by Gasteiger charge is 2.22. The van der Waals surface area contributed by atoms with Crippen molar-refractivity contribution in [1.29, 1.82) is 0 Å². The number of rotatable bonds is 4. The maximum absolute atomic E-state index is 10.5. The van der Waals surface area contributed by atoms with Crippen molar-refractivity contribution in [3.63, 3.8) is 0 Å². The highest BCUT2D eigenvalue weighted by Crippen LogP contribution is 2.40. The second-order valence-corrected chi connectivity index (χ2v) is 5.04. The van der Waals surface area contributed by atoms with Gasteiger partial charge in [-0.2, -0.15) is 0 Å². The smallest absolute Gasteiger partial charge is 0.303 e. The summed E-state index contributed by atoms with van der Waals surface area (Å²) in [6, 6.07) is 1.38. The van der Waals surface area contributed by atoms with E-state index >= 15 is 0 Å². The average Bonchev–Trinajstić information content (AvgIpc) is 2.79. The second kappa shape index (κ2) is 5.16. The van der Waals surface area contributed by atoms with Crippen LogP contribution in [0.5, 0.6) is 5.75 Å². The third-order valence-corrected chi connectivity index (χ3v) is 3.81. The van der Waals surface area contributed by atoms with Crippen LogP contribution in [0.25, 0.3) is 0 Å². The van der Waals surface area contributed by atoms with Gasteiger partial charge in [0.15, 0.2) is 0 Å². The van der Waals surface area contributed by atoms with Crippen molar-refractivity contribution in [2.45, 2.75) is 38.1 Å². The van der Waals surface area contributed by atoms with E-state index in [9.17, 15) is 9.90 Å². The van der Waals surface area contributed by atoms with Crippen LogP contribution in [0.3, 0.4) is 0 Å². The van der Waals surface area contributed by atoms with Crippen molar-refractivity contribution >= 4 is 17.6 Å². The van der Waals surface area contributed by atoms with Crippen molar-refractivity contribution in [2.75, 3.05) is 0 Å². The molecule has 1 aromatic rings. The van der Waals surface area contributed by atoms with E-state index < -0.39 is 12.0 Å². The fraction of sp³-hybridized carbons (Fsp3) is 0.462. The summed E-state index contributed by atoms with van der Waals surface area (Å²) in [5.41, 5.74) is 8.61. The summed E-state index contributed by atoms with van der Waals surface area (Å²) in [7, 11) is 0. The molecule has 2 rings (SSSR count). The first-order valence-electron chi connectivity index (χ1n) is 6.01. The number of fused-ring (bicyclic) bond motifs is 1. The highest BCUT2D eigenvalue weighted by molar-refractivity contribution is 6.33. The molecule has 0 saturated carbocycles. The number of halogens is 1. The molecule has 5 heteroatoms. The molecule has 1 unspecified atom stereocenters. The average molecular weight is 270 g/mol. The molecule has 1 aliphatic carbocycles. The molecule has 0 radical (unpaired) electrons. The van der Waals surface area contributed by atoms with Crippen LogP contribution in [0, 0.1) is 0 Å². The van der Waals surface area contributed by atoms with Crippen LogP contribution in [-0.4, -0.2) is 16.2 Å². The Morgan fingerprint density at radius 2 is 2.22 bits per heavy atom. The number of aliphatic carboxylic acids is 1. The number of carboxylic acid groups (broad SMARTS) is 1. The van der Waals surface area contributed by atoms with Gasteiger partial charge in [0.2, 0.25) is 0 Å². The highest BCUT2D eigenvalue weighted by atomic mass is 35.5. The molecule has 0 amide bonds. The monoisotopic (exact) mass is 269 g/mol. The number of benzene rings is 1. The van der Waals surface area contributed by atoms with E-state index in [1.165, 1.54) is 0 Å². The van der Waals surface area contributed by atoms with Gasteiger partial charge >= 0.3 is 5.97 Å². The first-order chi connectivity index (χ1) is 8.50. The Balaban J connectivity index is 2.28. The number of hydrogen-bond acceptors (Lipinski definition) is 3. The summed E-state index contributed by atoms with van der Waals surface area (Å²) in [5.74, 6) is -0.882. The molecule has 4 N–H and O–H groups in total. The zero-order valence-corrected chi connectivity index (χ0v) is 10.7.